The number of hydrogen-bond donors (Lipinski definition) is 3. The molecular weight excluding hydrogens is 1110 g/mol. The lowest BCUT2D eigenvalue weighted by molar-refractivity contribution is -0.161. The Morgan fingerprint density at radius 1 is 0.333 bits per heavy atom. The molecule has 0 bridgehead atoms. The molecule has 7 atom stereocenters. The first-order valence-corrected chi connectivity index (χ1v) is 37.1. The van der Waals surface area contributed by atoms with Gasteiger partial charge < -0.3 is 33.8 Å². The van der Waals surface area contributed by atoms with Gasteiger partial charge in [-0.3, -0.25) is 37.3 Å². The Balaban J connectivity index is 5.17. The summed E-state index contributed by atoms with van der Waals surface area (Å²) in [5.41, 5.74) is 0. The molecule has 0 heterocycles. The molecule has 3 N–H and O–H groups in total. The number of carbonyl (C=O) groups is 4. The highest BCUT2D eigenvalue weighted by molar-refractivity contribution is 7.47. The summed E-state index contributed by atoms with van der Waals surface area (Å²) in [6.07, 6.45) is 40.4. The summed E-state index contributed by atoms with van der Waals surface area (Å²) < 4.78 is 67.9. The van der Waals surface area contributed by atoms with E-state index in [2.05, 4.69) is 41.5 Å². The molecule has 0 radical (unpaired) electrons. The van der Waals surface area contributed by atoms with E-state index in [9.17, 15) is 43.2 Å². The number of ether oxygens (including phenoxy) is 4. The number of phosphoric ester groups is 2. The van der Waals surface area contributed by atoms with Crippen molar-refractivity contribution in [3.63, 3.8) is 0 Å². The van der Waals surface area contributed by atoms with Crippen LogP contribution in [0.1, 0.15) is 324 Å². The molecule has 4 unspecified atom stereocenters. The second kappa shape index (κ2) is 57.5. The van der Waals surface area contributed by atoms with Gasteiger partial charge in [-0.05, 0) is 37.5 Å². The Kier molecular flexibility index (Phi) is 56.2. The van der Waals surface area contributed by atoms with Crippen molar-refractivity contribution < 1.29 is 80.2 Å². The summed E-state index contributed by atoms with van der Waals surface area (Å²) >= 11 is 0. The van der Waals surface area contributed by atoms with Crippen LogP contribution < -0.4 is 0 Å². The topological polar surface area (TPSA) is 237 Å². The average Bonchev–Trinajstić information content (AvgIpc) is 3.58. The number of esters is 4. The molecule has 0 aromatic rings. The fraction of sp³-hybridized carbons (Fsp3) is 0.938. The summed E-state index contributed by atoms with van der Waals surface area (Å²) in [6, 6.07) is 0. The summed E-state index contributed by atoms with van der Waals surface area (Å²) in [6.45, 7) is 9.46. The molecule has 0 aliphatic heterocycles. The van der Waals surface area contributed by atoms with E-state index >= 15 is 0 Å². The highest BCUT2D eigenvalue weighted by atomic mass is 31.2. The van der Waals surface area contributed by atoms with E-state index < -0.39 is 97.5 Å². The van der Waals surface area contributed by atoms with E-state index in [4.69, 9.17) is 37.0 Å². The maximum Gasteiger partial charge on any atom is 0.472 e. The lowest BCUT2D eigenvalue weighted by Gasteiger charge is -2.21. The summed E-state index contributed by atoms with van der Waals surface area (Å²) in [5, 5.41) is 10.5. The molecule has 0 aliphatic carbocycles. The molecule has 19 heteroatoms. The molecule has 17 nitrogen and oxygen atoms in total. The first-order chi connectivity index (χ1) is 40.4. The molecule has 0 aliphatic rings. The van der Waals surface area contributed by atoms with Gasteiger partial charge in [-0.1, -0.05) is 273 Å². The van der Waals surface area contributed by atoms with Gasteiger partial charge >= 0.3 is 39.5 Å². The van der Waals surface area contributed by atoms with E-state index in [1.807, 2.05) is 0 Å². The maximum absolute atomic E-state index is 13.0. The highest BCUT2D eigenvalue weighted by Crippen LogP contribution is 2.45. The number of rotatable bonds is 64. The molecule has 84 heavy (non-hydrogen) atoms. The van der Waals surface area contributed by atoms with Crippen LogP contribution >= 0.6 is 15.6 Å². The van der Waals surface area contributed by atoms with Crippen molar-refractivity contribution >= 4 is 39.5 Å². The Morgan fingerprint density at radius 2 is 0.571 bits per heavy atom. The molecule has 0 amide bonds. The first-order valence-electron chi connectivity index (χ1n) is 34.1. The van der Waals surface area contributed by atoms with Crippen LogP contribution in [0.4, 0.5) is 0 Å². The van der Waals surface area contributed by atoms with Crippen LogP contribution in [-0.2, 0) is 65.4 Å². The monoisotopic (exact) mass is 1240 g/mol. The minimum atomic E-state index is -4.95. The van der Waals surface area contributed by atoms with Gasteiger partial charge in [0.15, 0.2) is 12.2 Å². The van der Waals surface area contributed by atoms with Crippen molar-refractivity contribution in [2.45, 2.75) is 342 Å². The zero-order valence-corrected chi connectivity index (χ0v) is 56.0. The van der Waals surface area contributed by atoms with E-state index in [0.717, 1.165) is 121 Å². The SMILES string of the molecule is CCCCCCCCCCC(=O)OC[C@H](COP(=O)(O)OC[C@H](O)COP(=O)(O)OC[C@@H](COC(=O)CCCCCCCCC(C)CC)OC(=O)CCCCCCCCCCCCCCCCC(C)CC)OC(=O)CCCCCCCCCC. The normalized spacial score (nSPS) is 14.9. The summed E-state index contributed by atoms with van der Waals surface area (Å²) in [5.74, 6) is -0.561. The van der Waals surface area contributed by atoms with Gasteiger partial charge in [-0.25, -0.2) is 9.13 Å². The third-order valence-electron chi connectivity index (χ3n) is 15.7. The lowest BCUT2D eigenvalue weighted by atomic mass is 9.99. The minimum absolute atomic E-state index is 0.104. The van der Waals surface area contributed by atoms with Crippen LogP contribution in [0.25, 0.3) is 0 Å². The smallest absolute Gasteiger partial charge is 0.462 e. The molecule has 0 fully saturated rings. The van der Waals surface area contributed by atoms with Crippen molar-refractivity contribution in [3.05, 3.63) is 0 Å². The van der Waals surface area contributed by atoms with Crippen molar-refractivity contribution in [2.75, 3.05) is 39.6 Å². The summed E-state index contributed by atoms with van der Waals surface area (Å²) in [4.78, 5) is 72.1. The lowest BCUT2D eigenvalue weighted by Crippen LogP contribution is -2.30. The van der Waals surface area contributed by atoms with E-state index in [-0.39, 0.29) is 25.7 Å². The van der Waals surface area contributed by atoms with Gasteiger partial charge in [0.25, 0.3) is 0 Å². The second-order valence-corrected chi connectivity index (χ2v) is 26.9. The zero-order valence-electron chi connectivity index (χ0n) is 54.2. The van der Waals surface area contributed by atoms with Crippen molar-refractivity contribution in [3.8, 4) is 0 Å². The molecule has 498 valence electrons. The van der Waals surface area contributed by atoms with E-state index in [1.54, 1.807) is 0 Å². The molecule has 0 saturated heterocycles. The first kappa shape index (κ1) is 82.1. The van der Waals surface area contributed by atoms with Gasteiger partial charge in [0.05, 0.1) is 26.4 Å². The standard InChI is InChI=1S/C65H126O17P2/c1-7-11-13-15-17-28-35-41-47-62(67)75-53-60(81-64(69)49-43-37-29-18-16-14-12-8-2)55-79-83(71,72)77-51-59(66)52-78-84(73,74)80-56-61(54-76-63(68)48-42-36-32-31-34-40-46-58(6)10-4)82-65(70)50-44-38-30-26-24-22-20-19-21-23-25-27-33-39-45-57(5)9-3/h57-61,66H,7-56H2,1-6H3,(H,71,72)(H,73,74)/t57?,58?,59-,60+,61+/m0/s1. The average molecular weight is 1240 g/mol. The van der Waals surface area contributed by atoms with Gasteiger partial charge in [0.1, 0.15) is 19.3 Å². The molecule has 0 aromatic heterocycles. The second-order valence-electron chi connectivity index (χ2n) is 24.0. The molecule has 0 saturated carbocycles. The third kappa shape index (κ3) is 56.6. The minimum Gasteiger partial charge on any atom is -0.462 e. The van der Waals surface area contributed by atoms with Crippen LogP contribution in [-0.4, -0.2) is 96.7 Å². The van der Waals surface area contributed by atoms with Crippen molar-refractivity contribution in [1.82, 2.24) is 0 Å². The fourth-order valence-corrected chi connectivity index (χ4v) is 11.2. The molecule has 0 rings (SSSR count). The number of carbonyl (C=O) groups excluding carboxylic acids is 4. The molecule has 0 aromatic carbocycles. The number of aliphatic hydroxyl groups excluding tert-OH is 1. The van der Waals surface area contributed by atoms with Crippen LogP contribution in [0.5, 0.6) is 0 Å². The number of phosphoric acid groups is 2. The van der Waals surface area contributed by atoms with E-state index in [0.29, 0.717) is 25.7 Å². The zero-order chi connectivity index (χ0) is 62.2. The maximum atomic E-state index is 13.0. The van der Waals surface area contributed by atoms with Gasteiger partial charge in [-0.15, -0.1) is 0 Å². The van der Waals surface area contributed by atoms with Crippen molar-refractivity contribution in [2.24, 2.45) is 11.8 Å². The quantitative estimate of drug-likeness (QED) is 0.0222. The van der Waals surface area contributed by atoms with Crippen LogP contribution in [0.3, 0.4) is 0 Å². The Hall–Kier alpha value is -1.94. The third-order valence-corrected chi connectivity index (χ3v) is 17.6. The van der Waals surface area contributed by atoms with Gasteiger partial charge in [0.2, 0.25) is 0 Å². The van der Waals surface area contributed by atoms with Crippen molar-refractivity contribution in [1.29, 1.82) is 0 Å². The number of hydrogen-bond acceptors (Lipinski definition) is 15. The van der Waals surface area contributed by atoms with Crippen LogP contribution in [0.2, 0.25) is 0 Å². The number of aliphatic hydroxyl groups is 1. The Morgan fingerprint density at radius 3 is 0.845 bits per heavy atom. The summed E-state index contributed by atoms with van der Waals surface area (Å²) in [7, 11) is -9.88. The predicted octanol–water partition coefficient (Wildman–Crippen LogP) is 18.0. The molecule has 0 spiro atoms. The molecular formula is C65H126O17P2. The van der Waals surface area contributed by atoms with Crippen LogP contribution in [0.15, 0.2) is 0 Å². The van der Waals surface area contributed by atoms with Gasteiger partial charge in [-0.2, -0.15) is 0 Å². The van der Waals surface area contributed by atoms with E-state index in [1.165, 1.54) is 122 Å². The fourth-order valence-electron chi connectivity index (χ4n) is 9.64. The Bertz CT molecular complexity index is 1650. The van der Waals surface area contributed by atoms with Crippen LogP contribution in [0, 0.1) is 11.8 Å². The Labute approximate surface area is 511 Å². The number of unbranched alkanes of at least 4 members (excludes halogenated alkanes) is 32. The highest BCUT2D eigenvalue weighted by Gasteiger charge is 2.30. The predicted molar refractivity (Wildman–Crippen MR) is 335 cm³/mol. The largest absolute Gasteiger partial charge is 0.472 e. The van der Waals surface area contributed by atoms with Gasteiger partial charge in [0, 0.05) is 25.7 Å².